The summed E-state index contributed by atoms with van der Waals surface area (Å²) < 4.78 is 11.5. The first kappa shape index (κ1) is 26.2. The average molecular weight is 568 g/mol. The minimum atomic E-state index is -2.50. The molecule has 3 aromatic carbocycles. The number of aromatic hydroxyl groups is 1. The van der Waals surface area contributed by atoms with Crippen LogP contribution in [0.3, 0.4) is 0 Å². The van der Waals surface area contributed by atoms with Crippen LogP contribution in [0.1, 0.15) is 45.3 Å². The number of rotatable bonds is 4. The molecule has 0 unspecified atom stereocenters. The SMILES string of the molecule is CN(C)[C@@H]1c2onc(OCc3ccccc3)c2C(=O)[C@@]2(O)C(=O)C3=C(O)c4c(cc5cc(N)ccc5c4O)C[C@H]3C[C@@H]12. The van der Waals surface area contributed by atoms with Crippen molar-refractivity contribution >= 4 is 33.8 Å². The summed E-state index contributed by atoms with van der Waals surface area (Å²) in [5.74, 6) is -3.67. The molecule has 1 fully saturated rings. The Balaban J connectivity index is 1.35. The number of aliphatic hydroxyl groups excluding tert-OH is 1. The maximum absolute atomic E-state index is 14.3. The number of ketones is 2. The van der Waals surface area contributed by atoms with Crippen molar-refractivity contribution in [1.29, 1.82) is 0 Å². The molecule has 0 aliphatic heterocycles. The van der Waals surface area contributed by atoms with Gasteiger partial charge in [-0.25, -0.2) is 0 Å². The molecule has 214 valence electrons. The van der Waals surface area contributed by atoms with Gasteiger partial charge in [-0.15, -0.1) is 0 Å². The lowest BCUT2D eigenvalue weighted by molar-refractivity contribution is -0.142. The molecule has 0 amide bonds. The van der Waals surface area contributed by atoms with Gasteiger partial charge in [0.25, 0.3) is 5.88 Å². The van der Waals surface area contributed by atoms with Crippen LogP contribution in [0.15, 0.2) is 64.7 Å². The van der Waals surface area contributed by atoms with E-state index in [4.69, 9.17) is 15.0 Å². The van der Waals surface area contributed by atoms with Crippen LogP contribution in [0.25, 0.3) is 16.5 Å². The van der Waals surface area contributed by atoms with Crippen molar-refractivity contribution in [2.45, 2.75) is 31.1 Å². The van der Waals surface area contributed by atoms with Crippen LogP contribution >= 0.6 is 0 Å². The van der Waals surface area contributed by atoms with Crippen LogP contribution in [0.4, 0.5) is 5.69 Å². The molecule has 1 aromatic heterocycles. The summed E-state index contributed by atoms with van der Waals surface area (Å²) in [6.45, 7) is 0.0964. The maximum Gasteiger partial charge on any atom is 0.265 e. The van der Waals surface area contributed by atoms with E-state index in [2.05, 4.69) is 5.16 Å². The highest BCUT2D eigenvalue weighted by molar-refractivity contribution is 6.26. The molecule has 0 bridgehead atoms. The lowest BCUT2D eigenvalue weighted by Gasteiger charge is -2.49. The Bertz CT molecular complexity index is 1830. The summed E-state index contributed by atoms with van der Waals surface area (Å²) in [7, 11) is 3.55. The second-order valence-corrected chi connectivity index (χ2v) is 11.6. The van der Waals surface area contributed by atoms with Crippen LogP contribution < -0.4 is 10.5 Å². The number of carbonyl (C=O) groups excluding carboxylic acids is 2. The zero-order valence-electron chi connectivity index (χ0n) is 23.0. The molecule has 10 heteroatoms. The smallest absolute Gasteiger partial charge is 0.265 e. The predicted molar refractivity (Wildman–Crippen MR) is 153 cm³/mol. The van der Waals surface area contributed by atoms with Crippen molar-refractivity contribution in [2.75, 3.05) is 19.8 Å². The van der Waals surface area contributed by atoms with E-state index in [1.165, 1.54) is 0 Å². The molecule has 0 radical (unpaired) electrons. The van der Waals surface area contributed by atoms with Gasteiger partial charge in [0, 0.05) is 22.6 Å². The van der Waals surface area contributed by atoms with Crippen molar-refractivity contribution < 1.29 is 34.2 Å². The first-order valence-corrected chi connectivity index (χ1v) is 13.7. The molecule has 7 rings (SSSR count). The second-order valence-electron chi connectivity index (χ2n) is 11.6. The molecular weight excluding hydrogens is 538 g/mol. The maximum atomic E-state index is 14.3. The molecule has 5 N–H and O–H groups in total. The monoisotopic (exact) mass is 567 g/mol. The molecule has 4 aromatic rings. The fraction of sp³-hybridized carbons (Fsp3) is 0.281. The number of nitrogens with zero attached hydrogens (tertiary/aromatic N) is 2. The summed E-state index contributed by atoms with van der Waals surface area (Å²) in [5.41, 5.74) is 5.44. The van der Waals surface area contributed by atoms with Crippen molar-refractivity contribution in [3.05, 3.63) is 88.2 Å². The molecule has 0 spiro atoms. The Hall–Kier alpha value is -4.67. The number of phenols is 1. The van der Waals surface area contributed by atoms with Crippen LogP contribution in [0.2, 0.25) is 0 Å². The highest BCUT2D eigenvalue weighted by Gasteiger charge is 2.65. The third-order valence-electron chi connectivity index (χ3n) is 8.94. The van der Waals surface area contributed by atoms with Gasteiger partial charge in [0.05, 0.1) is 11.6 Å². The third-order valence-corrected chi connectivity index (χ3v) is 8.94. The van der Waals surface area contributed by atoms with Gasteiger partial charge in [0.15, 0.2) is 11.4 Å². The number of fused-ring (bicyclic) bond motifs is 5. The summed E-state index contributed by atoms with van der Waals surface area (Å²) in [6, 6.07) is 15.5. The van der Waals surface area contributed by atoms with Gasteiger partial charge in [-0.05, 0) is 72.7 Å². The second kappa shape index (κ2) is 9.17. The summed E-state index contributed by atoms with van der Waals surface area (Å²) >= 11 is 0. The number of aromatic nitrogens is 1. The highest BCUT2D eigenvalue weighted by atomic mass is 16.5. The summed E-state index contributed by atoms with van der Waals surface area (Å²) in [6.07, 6.45) is 0.514. The Morgan fingerprint density at radius 3 is 2.57 bits per heavy atom. The highest BCUT2D eigenvalue weighted by Crippen LogP contribution is 2.56. The predicted octanol–water partition coefficient (Wildman–Crippen LogP) is 3.96. The Morgan fingerprint density at radius 2 is 1.83 bits per heavy atom. The van der Waals surface area contributed by atoms with Crippen molar-refractivity contribution in [2.24, 2.45) is 11.8 Å². The number of ether oxygens (including phenoxy) is 1. The standard InChI is InChI=1S/C32H29N3O7/c1-35(2)25-21-13-18-11-17-10-16-12-19(33)8-9-20(16)26(36)22(17)27(37)23(18)29(38)32(21,40)30(39)24-28(25)42-34-31(24)41-14-15-6-4-3-5-7-15/h3-10,12,18,21,25,36-37,40H,11,13-14,33H2,1-2H3/t18-,21-,25-,32-/m0/s1. The number of benzene rings is 3. The fourth-order valence-corrected chi connectivity index (χ4v) is 7.05. The largest absolute Gasteiger partial charge is 0.507 e. The molecule has 1 saturated carbocycles. The Labute approximate surface area is 240 Å². The molecule has 10 nitrogen and oxygen atoms in total. The lowest BCUT2D eigenvalue weighted by atomic mass is 9.57. The zero-order chi connectivity index (χ0) is 29.5. The number of hydrogen-bond donors (Lipinski definition) is 4. The van der Waals surface area contributed by atoms with E-state index >= 15 is 0 Å². The van der Waals surface area contributed by atoms with Gasteiger partial charge in [-0.2, -0.15) is 0 Å². The van der Waals surface area contributed by atoms with Gasteiger partial charge >= 0.3 is 0 Å². The fourth-order valence-electron chi connectivity index (χ4n) is 7.05. The number of phenolic OH excluding ortho intramolecular Hbond substituents is 1. The number of anilines is 1. The van der Waals surface area contributed by atoms with E-state index in [0.29, 0.717) is 28.4 Å². The first-order valence-electron chi connectivity index (χ1n) is 13.7. The molecule has 3 aliphatic rings. The van der Waals surface area contributed by atoms with E-state index in [9.17, 15) is 24.9 Å². The summed E-state index contributed by atoms with van der Waals surface area (Å²) in [4.78, 5) is 30.2. The lowest BCUT2D eigenvalue weighted by Crippen LogP contribution is -2.63. The average Bonchev–Trinajstić information content (AvgIpc) is 3.37. The van der Waals surface area contributed by atoms with Gasteiger partial charge < -0.3 is 30.3 Å². The van der Waals surface area contributed by atoms with E-state index in [1.807, 2.05) is 36.4 Å². The van der Waals surface area contributed by atoms with Gasteiger partial charge in [0.1, 0.15) is 23.7 Å². The van der Waals surface area contributed by atoms with E-state index < -0.39 is 40.8 Å². The molecule has 4 atom stereocenters. The Kier molecular flexibility index (Phi) is 5.73. The minimum absolute atomic E-state index is 0.0659. The normalized spacial score (nSPS) is 24.8. The molecule has 3 aliphatic carbocycles. The number of carbonyl (C=O) groups is 2. The van der Waals surface area contributed by atoms with E-state index in [1.54, 1.807) is 37.2 Å². The van der Waals surface area contributed by atoms with Gasteiger partial charge in [-0.3, -0.25) is 14.5 Å². The van der Waals surface area contributed by atoms with Crippen molar-refractivity contribution in [1.82, 2.24) is 10.1 Å². The number of nitrogens with two attached hydrogens (primary N) is 1. The van der Waals surface area contributed by atoms with E-state index in [-0.39, 0.29) is 47.1 Å². The number of nitrogen functional groups attached to an aromatic ring is 1. The van der Waals surface area contributed by atoms with E-state index in [0.717, 1.165) is 5.56 Å². The topological polar surface area (TPSA) is 159 Å². The van der Waals surface area contributed by atoms with Crippen LogP contribution in [0, 0.1) is 11.8 Å². The number of Topliss-reactive ketones (excluding diaryl/α,β-unsaturated/α-hetero) is 2. The molecule has 1 heterocycles. The van der Waals surface area contributed by atoms with Crippen LogP contribution in [-0.4, -0.2) is 56.6 Å². The Morgan fingerprint density at radius 1 is 1.07 bits per heavy atom. The minimum Gasteiger partial charge on any atom is -0.507 e. The molecule has 0 saturated heterocycles. The quantitative estimate of drug-likeness (QED) is 0.210. The van der Waals surface area contributed by atoms with Crippen LogP contribution in [0.5, 0.6) is 11.6 Å². The van der Waals surface area contributed by atoms with Crippen molar-refractivity contribution in [3.63, 3.8) is 0 Å². The first-order chi connectivity index (χ1) is 20.1. The van der Waals surface area contributed by atoms with Crippen molar-refractivity contribution in [3.8, 4) is 11.6 Å². The zero-order valence-corrected chi connectivity index (χ0v) is 23.0. The third kappa shape index (κ3) is 3.55. The van der Waals surface area contributed by atoms with Gasteiger partial charge in [-0.1, -0.05) is 36.4 Å². The van der Waals surface area contributed by atoms with Crippen LogP contribution in [-0.2, 0) is 17.8 Å². The number of aliphatic hydroxyl groups is 2. The summed E-state index contributed by atoms with van der Waals surface area (Å²) in [5, 5.41) is 40.0. The number of hydrogen-bond acceptors (Lipinski definition) is 10. The molecule has 42 heavy (non-hydrogen) atoms. The molecular formula is C32H29N3O7. The van der Waals surface area contributed by atoms with Gasteiger partial charge in [0.2, 0.25) is 11.6 Å².